The van der Waals surface area contributed by atoms with Crippen LogP contribution in [0.1, 0.15) is 13.3 Å². The van der Waals surface area contributed by atoms with E-state index in [1.54, 1.807) is 13.0 Å². The van der Waals surface area contributed by atoms with Gasteiger partial charge in [0.15, 0.2) is 0 Å². The highest BCUT2D eigenvalue weighted by Crippen LogP contribution is 2.35. The number of imide groups is 1. The van der Waals surface area contributed by atoms with Crippen LogP contribution in [0.5, 0.6) is 0 Å². The van der Waals surface area contributed by atoms with Gasteiger partial charge in [0, 0.05) is 0 Å². The van der Waals surface area contributed by atoms with Crippen molar-refractivity contribution >= 4 is 28.9 Å². The van der Waals surface area contributed by atoms with Gasteiger partial charge in [-0.3, -0.25) is 25.0 Å². The fourth-order valence-electron chi connectivity index (χ4n) is 2.30. The van der Waals surface area contributed by atoms with Crippen molar-refractivity contribution in [3.05, 3.63) is 28.3 Å². The molecule has 1 fully saturated rings. The molecular formula is C12H14N4O4. The number of nitrogens with two attached hydrogens (primary N) is 1. The van der Waals surface area contributed by atoms with Gasteiger partial charge in [0.2, 0.25) is 11.8 Å². The van der Waals surface area contributed by atoms with E-state index >= 15 is 0 Å². The SMILES string of the molecule is CCC1C(=O)NC(=O)CN1c1cccc(N)c1[N+](=O)[O-]. The van der Waals surface area contributed by atoms with E-state index in [-0.39, 0.29) is 23.6 Å². The molecule has 20 heavy (non-hydrogen) atoms. The number of nitro benzene ring substituents is 1. The van der Waals surface area contributed by atoms with Crippen LogP contribution in [0.15, 0.2) is 18.2 Å². The van der Waals surface area contributed by atoms with E-state index in [4.69, 9.17) is 5.73 Å². The number of amides is 2. The number of nitrogens with one attached hydrogen (secondary N) is 1. The fraction of sp³-hybridized carbons (Fsp3) is 0.333. The zero-order valence-corrected chi connectivity index (χ0v) is 10.8. The van der Waals surface area contributed by atoms with E-state index in [0.29, 0.717) is 6.42 Å². The predicted octanol–water partition coefficient (Wildman–Crippen LogP) is 0.418. The van der Waals surface area contributed by atoms with Gasteiger partial charge in [0.1, 0.15) is 17.4 Å². The van der Waals surface area contributed by atoms with Gasteiger partial charge in [0.25, 0.3) is 0 Å². The van der Waals surface area contributed by atoms with Gasteiger partial charge in [0.05, 0.1) is 11.5 Å². The van der Waals surface area contributed by atoms with Crippen LogP contribution in [0.3, 0.4) is 0 Å². The molecule has 106 valence electrons. The van der Waals surface area contributed by atoms with Crippen molar-refractivity contribution in [1.29, 1.82) is 0 Å². The number of benzene rings is 1. The molecule has 0 radical (unpaired) electrons. The quantitative estimate of drug-likeness (QED) is 0.358. The Morgan fingerprint density at radius 3 is 2.80 bits per heavy atom. The molecule has 2 amide bonds. The number of anilines is 2. The maximum atomic E-state index is 11.8. The number of nitrogen functional groups attached to an aromatic ring is 1. The number of nitro groups is 1. The highest BCUT2D eigenvalue weighted by Gasteiger charge is 2.36. The third-order valence-electron chi connectivity index (χ3n) is 3.18. The smallest absolute Gasteiger partial charge is 0.315 e. The Kier molecular flexibility index (Phi) is 3.55. The summed E-state index contributed by atoms with van der Waals surface area (Å²) in [6, 6.07) is 3.83. The predicted molar refractivity (Wildman–Crippen MR) is 72.1 cm³/mol. The standard InChI is InChI=1S/C12H14N4O4/c1-2-8-12(18)14-10(17)6-15(8)9-5-3-4-7(13)11(9)16(19)20/h3-5,8H,2,6,13H2,1H3,(H,14,17,18). The summed E-state index contributed by atoms with van der Waals surface area (Å²) >= 11 is 0. The lowest BCUT2D eigenvalue weighted by atomic mass is 10.1. The monoisotopic (exact) mass is 278 g/mol. The van der Waals surface area contributed by atoms with Crippen molar-refractivity contribution < 1.29 is 14.5 Å². The van der Waals surface area contributed by atoms with Crippen LogP contribution in [0.25, 0.3) is 0 Å². The molecule has 2 rings (SSSR count). The molecule has 1 aromatic carbocycles. The summed E-state index contributed by atoms with van der Waals surface area (Å²) in [6.45, 7) is 1.65. The van der Waals surface area contributed by atoms with Crippen LogP contribution in [-0.2, 0) is 9.59 Å². The second-order valence-corrected chi connectivity index (χ2v) is 4.44. The van der Waals surface area contributed by atoms with Crippen molar-refractivity contribution in [2.24, 2.45) is 0 Å². The van der Waals surface area contributed by atoms with Crippen LogP contribution in [0.2, 0.25) is 0 Å². The molecule has 1 heterocycles. The van der Waals surface area contributed by atoms with Crippen LogP contribution in [0, 0.1) is 10.1 Å². The first-order valence-corrected chi connectivity index (χ1v) is 6.09. The molecule has 1 saturated heterocycles. The zero-order valence-electron chi connectivity index (χ0n) is 10.8. The minimum Gasteiger partial charge on any atom is -0.393 e. The number of hydrogen-bond acceptors (Lipinski definition) is 6. The lowest BCUT2D eigenvalue weighted by molar-refractivity contribution is -0.383. The molecule has 0 aromatic heterocycles. The van der Waals surface area contributed by atoms with E-state index in [2.05, 4.69) is 5.32 Å². The van der Waals surface area contributed by atoms with E-state index in [0.717, 1.165) is 0 Å². The molecule has 1 atom stereocenters. The highest BCUT2D eigenvalue weighted by molar-refractivity contribution is 6.05. The Hall–Kier alpha value is -2.64. The molecule has 0 spiro atoms. The van der Waals surface area contributed by atoms with Crippen LogP contribution in [0.4, 0.5) is 17.1 Å². The number of nitrogens with zero attached hydrogens (tertiary/aromatic N) is 2. The van der Waals surface area contributed by atoms with Gasteiger partial charge in [-0.1, -0.05) is 13.0 Å². The molecule has 0 aliphatic carbocycles. The average Bonchev–Trinajstić information content (AvgIpc) is 2.37. The first-order chi connectivity index (χ1) is 9.45. The molecule has 1 aliphatic rings. The van der Waals surface area contributed by atoms with E-state index < -0.39 is 22.8 Å². The molecule has 8 nitrogen and oxygen atoms in total. The third-order valence-corrected chi connectivity index (χ3v) is 3.18. The Bertz CT molecular complexity index is 587. The number of rotatable bonds is 3. The Morgan fingerprint density at radius 1 is 1.50 bits per heavy atom. The summed E-state index contributed by atoms with van der Waals surface area (Å²) in [5.41, 5.74) is 5.53. The molecule has 0 saturated carbocycles. The van der Waals surface area contributed by atoms with Crippen LogP contribution >= 0.6 is 0 Å². The third kappa shape index (κ3) is 2.27. The number of hydrogen-bond donors (Lipinski definition) is 2. The summed E-state index contributed by atoms with van der Waals surface area (Å²) in [6.07, 6.45) is 0.422. The summed E-state index contributed by atoms with van der Waals surface area (Å²) in [4.78, 5) is 35.3. The maximum absolute atomic E-state index is 11.8. The number of piperazine rings is 1. The largest absolute Gasteiger partial charge is 0.393 e. The molecular weight excluding hydrogens is 264 g/mol. The van der Waals surface area contributed by atoms with E-state index in [9.17, 15) is 19.7 Å². The van der Waals surface area contributed by atoms with Gasteiger partial charge in [-0.2, -0.15) is 0 Å². The molecule has 0 bridgehead atoms. The van der Waals surface area contributed by atoms with Gasteiger partial charge in [-0.05, 0) is 18.6 Å². The second-order valence-electron chi connectivity index (χ2n) is 4.44. The Morgan fingerprint density at radius 2 is 2.20 bits per heavy atom. The summed E-state index contributed by atoms with van der Waals surface area (Å²) in [7, 11) is 0. The molecule has 1 aromatic rings. The maximum Gasteiger partial charge on any atom is 0.315 e. The van der Waals surface area contributed by atoms with Crippen molar-refractivity contribution in [2.75, 3.05) is 17.2 Å². The van der Waals surface area contributed by atoms with Crippen LogP contribution < -0.4 is 16.0 Å². The number of para-hydroxylation sites is 1. The Balaban J connectivity index is 2.53. The van der Waals surface area contributed by atoms with Crippen molar-refractivity contribution in [1.82, 2.24) is 5.32 Å². The van der Waals surface area contributed by atoms with Crippen molar-refractivity contribution in [3.8, 4) is 0 Å². The minimum atomic E-state index is -0.631. The second kappa shape index (κ2) is 5.16. The normalized spacial score (nSPS) is 18.9. The van der Waals surface area contributed by atoms with E-state index in [1.165, 1.54) is 17.0 Å². The summed E-state index contributed by atoms with van der Waals surface area (Å²) in [5, 5.41) is 13.4. The summed E-state index contributed by atoms with van der Waals surface area (Å²) in [5.74, 6) is -0.947. The lowest BCUT2D eigenvalue weighted by Gasteiger charge is -2.34. The first kappa shape index (κ1) is 13.8. The molecule has 8 heteroatoms. The highest BCUT2D eigenvalue weighted by atomic mass is 16.6. The number of carbonyl (C=O) groups is 2. The minimum absolute atomic E-state index is 0.000726. The average molecular weight is 278 g/mol. The zero-order chi connectivity index (χ0) is 14.9. The molecule has 1 aliphatic heterocycles. The van der Waals surface area contributed by atoms with Crippen LogP contribution in [-0.4, -0.2) is 29.3 Å². The van der Waals surface area contributed by atoms with E-state index in [1.807, 2.05) is 0 Å². The van der Waals surface area contributed by atoms with Crippen molar-refractivity contribution in [3.63, 3.8) is 0 Å². The van der Waals surface area contributed by atoms with Gasteiger partial charge >= 0.3 is 5.69 Å². The summed E-state index contributed by atoms with van der Waals surface area (Å²) < 4.78 is 0. The molecule has 1 unspecified atom stereocenters. The Labute approximate surface area is 114 Å². The topological polar surface area (TPSA) is 119 Å². The molecule has 3 N–H and O–H groups in total. The number of carbonyl (C=O) groups excluding carboxylic acids is 2. The lowest BCUT2D eigenvalue weighted by Crippen LogP contribution is -2.58. The van der Waals surface area contributed by atoms with Gasteiger partial charge in [-0.15, -0.1) is 0 Å². The van der Waals surface area contributed by atoms with Gasteiger partial charge < -0.3 is 10.6 Å². The van der Waals surface area contributed by atoms with Gasteiger partial charge in [-0.25, -0.2) is 0 Å². The fourth-order valence-corrected chi connectivity index (χ4v) is 2.30. The van der Waals surface area contributed by atoms with Crippen molar-refractivity contribution in [2.45, 2.75) is 19.4 Å². The first-order valence-electron chi connectivity index (χ1n) is 6.09.